The summed E-state index contributed by atoms with van der Waals surface area (Å²) in [4.78, 5) is 0. The Labute approximate surface area is 200 Å². The van der Waals surface area contributed by atoms with Crippen molar-refractivity contribution in [2.45, 2.75) is 0 Å². The van der Waals surface area contributed by atoms with Gasteiger partial charge in [-0.2, -0.15) is 0 Å². The van der Waals surface area contributed by atoms with Crippen molar-refractivity contribution in [3.63, 3.8) is 0 Å². The maximum Gasteiger partial charge on any atom is 0.138 e. The lowest BCUT2D eigenvalue weighted by Crippen LogP contribution is -2.20. The molecule has 7 heteroatoms. The maximum absolute atomic E-state index is 5.87. The highest BCUT2D eigenvalue weighted by molar-refractivity contribution is 8.59. The SMILES string of the molecule is CSP1(C)=NP(c2ccccc2)(c2ccccc2)=NP(c2ccccc2)(c2ccccc2)=N1. The van der Waals surface area contributed by atoms with E-state index in [1.54, 1.807) is 11.4 Å². The average molecular weight is 506 g/mol. The van der Waals surface area contributed by atoms with Crippen LogP contribution in [0.3, 0.4) is 0 Å². The van der Waals surface area contributed by atoms with E-state index in [1.165, 1.54) is 21.2 Å². The first-order chi connectivity index (χ1) is 16.1. The Morgan fingerprint density at radius 2 is 0.758 bits per heavy atom. The van der Waals surface area contributed by atoms with Crippen molar-refractivity contribution < 1.29 is 0 Å². The van der Waals surface area contributed by atoms with Gasteiger partial charge in [0.15, 0.2) is 0 Å². The van der Waals surface area contributed by atoms with Crippen molar-refractivity contribution in [1.82, 2.24) is 0 Å². The lowest BCUT2D eigenvalue weighted by molar-refractivity contribution is 1.63. The van der Waals surface area contributed by atoms with Gasteiger partial charge in [0.05, 0.1) is 0 Å². The van der Waals surface area contributed by atoms with Gasteiger partial charge in [-0.3, -0.25) is 0 Å². The monoisotopic (exact) mass is 505 g/mol. The van der Waals surface area contributed by atoms with Crippen molar-refractivity contribution in [2.24, 2.45) is 13.5 Å². The van der Waals surface area contributed by atoms with E-state index in [0.717, 1.165) is 0 Å². The fourth-order valence-electron chi connectivity index (χ4n) is 4.05. The van der Waals surface area contributed by atoms with E-state index in [2.05, 4.69) is 134 Å². The molecule has 0 spiro atoms. The highest BCUT2D eigenvalue weighted by Crippen LogP contribution is 2.79. The Kier molecular flexibility index (Phi) is 6.39. The Morgan fingerprint density at radius 3 is 1.06 bits per heavy atom. The number of hydrogen-bond donors (Lipinski definition) is 0. The molecule has 1 unspecified atom stereocenters. The minimum Gasteiger partial charge on any atom is -0.223 e. The van der Waals surface area contributed by atoms with E-state index >= 15 is 0 Å². The molecule has 0 N–H and O–H groups in total. The predicted molar refractivity (Wildman–Crippen MR) is 152 cm³/mol. The fourth-order valence-corrected chi connectivity index (χ4v) is 20.8. The molecule has 1 heterocycles. The number of rotatable bonds is 5. The molecule has 0 aromatic heterocycles. The molecule has 33 heavy (non-hydrogen) atoms. The second-order valence-electron chi connectivity index (χ2n) is 7.83. The minimum atomic E-state index is -2.45. The Morgan fingerprint density at radius 1 is 0.455 bits per heavy atom. The third-order valence-corrected chi connectivity index (χ3v) is 20.6. The summed E-state index contributed by atoms with van der Waals surface area (Å²) in [5.41, 5.74) is 0. The lowest BCUT2D eigenvalue weighted by Gasteiger charge is -2.36. The first-order valence-corrected chi connectivity index (χ1v) is 18.1. The zero-order valence-corrected chi connectivity index (χ0v) is 22.1. The van der Waals surface area contributed by atoms with Crippen LogP contribution in [0.5, 0.6) is 0 Å². The molecule has 4 aromatic rings. The minimum absolute atomic E-state index is 1.20. The second kappa shape index (κ2) is 9.28. The van der Waals surface area contributed by atoms with Gasteiger partial charge in [0.2, 0.25) is 0 Å². The molecule has 0 saturated carbocycles. The number of nitrogens with zero attached hydrogens (tertiary/aromatic N) is 3. The van der Waals surface area contributed by atoms with Crippen molar-refractivity contribution in [2.75, 3.05) is 12.9 Å². The Bertz CT molecular complexity index is 1250. The van der Waals surface area contributed by atoms with Crippen LogP contribution in [0.15, 0.2) is 135 Å². The lowest BCUT2D eigenvalue weighted by atomic mass is 10.4. The van der Waals surface area contributed by atoms with Gasteiger partial charge < -0.3 is 0 Å². The largest absolute Gasteiger partial charge is 0.223 e. The van der Waals surface area contributed by atoms with Gasteiger partial charge in [-0.1, -0.05) is 133 Å². The van der Waals surface area contributed by atoms with Gasteiger partial charge in [0, 0.05) is 21.2 Å². The van der Waals surface area contributed by atoms with E-state index in [1.807, 2.05) is 0 Å². The van der Waals surface area contributed by atoms with Crippen molar-refractivity contribution in [1.29, 1.82) is 0 Å². The van der Waals surface area contributed by atoms with Crippen LogP contribution in [0, 0.1) is 0 Å². The molecule has 0 aliphatic carbocycles. The molecular weight excluding hydrogens is 479 g/mol. The topological polar surface area (TPSA) is 37.1 Å². The molecule has 166 valence electrons. The standard InChI is InChI=1S/C26H26N3P3S/c1-30(33-2)27-31(23-15-7-3-8-16-23,24-17-9-4-10-18-24)29-32(28-30,25-19-11-5-12-20-25)26-21-13-6-14-22-26/h3-22H,1-2H3. The zero-order chi connectivity index (χ0) is 22.8. The van der Waals surface area contributed by atoms with Crippen LogP contribution in [-0.2, 0) is 0 Å². The van der Waals surface area contributed by atoms with Gasteiger partial charge in [0.25, 0.3) is 0 Å². The van der Waals surface area contributed by atoms with E-state index < -0.39 is 20.8 Å². The van der Waals surface area contributed by atoms with Crippen molar-refractivity contribution in [3.8, 4) is 0 Å². The number of hydrogen-bond acceptors (Lipinski definition) is 4. The Hall–Kier alpha value is -2.08. The molecule has 1 aliphatic heterocycles. The van der Waals surface area contributed by atoms with Crippen LogP contribution in [0.1, 0.15) is 0 Å². The highest BCUT2D eigenvalue weighted by Gasteiger charge is 2.38. The molecule has 1 atom stereocenters. The summed E-state index contributed by atoms with van der Waals surface area (Å²) in [5.74, 6) is 0. The molecule has 0 fully saturated rings. The van der Waals surface area contributed by atoms with Gasteiger partial charge in [-0.25, -0.2) is 13.5 Å². The molecular formula is C26H26N3P3S. The van der Waals surface area contributed by atoms with Crippen LogP contribution in [-0.4, -0.2) is 12.9 Å². The Balaban J connectivity index is 2.02. The van der Waals surface area contributed by atoms with Gasteiger partial charge in [-0.15, -0.1) is 0 Å². The van der Waals surface area contributed by atoms with Gasteiger partial charge in [-0.05, 0) is 12.9 Å². The van der Waals surface area contributed by atoms with Crippen LogP contribution in [0.25, 0.3) is 0 Å². The third-order valence-electron chi connectivity index (χ3n) is 5.66. The average Bonchev–Trinajstić information content (AvgIpc) is 2.90. The van der Waals surface area contributed by atoms with Crippen LogP contribution < -0.4 is 21.2 Å². The molecule has 3 nitrogen and oxygen atoms in total. The summed E-state index contributed by atoms with van der Waals surface area (Å²) in [5, 5.41) is 4.79. The summed E-state index contributed by atoms with van der Waals surface area (Å²) >= 11 is 1.80. The molecule has 0 saturated heterocycles. The summed E-state index contributed by atoms with van der Waals surface area (Å²) in [6, 6.07) is 42.8. The van der Waals surface area contributed by atoms with E-state index in [9.17, 15) is 0 Å². The molecule has 1 aliphatic rings. The molecule has 4 aromatic carbocycles. The normalized spacial score (nSPS) is 20.7. The quantitative estimate of drug-likeness (QED) is 0.258. The molecule has 0 bridgehead atoms. The van der Waals surface area contributed by atoms with E-state index in [4.69, 9.17) is 13.5 Å². The first kappa shape index (κ1) is 22.7. The third kappa shape index (κ3) is 4.16. The van der Waals surface area contributed by atoms with Gasteiger partial charge in [0.1, 0.15) is 20.8 Å². The summed E-state index contributed by atoms with van der Waals surface area (Å²) in [6.45, 7) is 2.26. The smallest absolute Gasteiger partial charge is 0.138 e. The summed E-state index contributed by atoms with van der Waals surface area (Å²) in [6.07, 6.45) is 0.0767. The first-order valence-electron chi connectivity index (χ1n) is 10.8. The van der Waals surface area contributed by atoms with E-state index in [-0.39, 0.29) is 0 Å². The summed E-state index contributed by atoms with van der Waals surface area (Å²) in [7, 11) is -4.90. The summed E-state index contributed by atoms with van der Waals surface area (Å²) < 4.78 is 17.1. The van der Waals surface area contributed by atoms with Crippen LogP contribution >= 0.6 is 32.2 Å². The fraction of sp³-hybridized carbons (Fsp3) is 0.0769. The maximum atomic E-state index is 5.87. The van der Waals surface area contributed by atoms with Crippen molar-refractivity contribution in [3.05, 3.63) is 121 Å². The van der Waals surface area contributed by atoms with Crippen molar-refractivity contribution >= 4 is 53.4 Å². The van der Waals surface area contributed by atoms with Crippen LogP contribution in [0.4, 0.5) is 0 Å². The second-order valence-corrected chi connectivity index (χ2v) is 19.7. The van der Waals surface area contributed by atoms with E-state index in [0.29, 0.717) is 0 Å². The predicted octanol–water partition coefficient (Wildman–Crippen LogP) is 7.56. The molecule has 0 amide bonds. The highest BCUT2D eigenvalue weighted by atomic mass is 32.7. The zero-order valence-electron chi connectivity index (χ0n) is 18.6. The molecule has 5 rings (SSSR count). The number of benzene rings is 4. The van der Waals surface area contributed by atoms with Gasteiger partial charge >= 0.3 is 0 Å². The van der Waals surface area contributed by atoms with Crippen LogP contribution in [0.2, 0.25) is 0 Å². The molecule has 0 radical (unpaired) electrons.